The zero-order valence-corrected chi connectivity index (χ0v) is 10.5. The number of carbonyl (C=O) groups excluding carboxylic acids is 1. The number of nitrogens with two attached hydrogens (primary N) is 1. The smallest absolute Gasteiger partial charge is 0.246 e. The molecule has 0 atom stereocenters. The lowest BCUT2D eigenvalue weighted by Crippen LogP contribution is -2.19. The minimum atomic E-state index is -0.119. The summed E-state index contributed by atoms with van der Waals surface area (Å²) in [7, 11) is 0. The number of nitrogen functional groups attached to an aromatic ring is 1. The average molecular weight is 244 g/mol. The molecule has 1 heterocycles. The van der Waals surface area contributed by atoms with Crippen LogP contribution in [0.15, 0.2) is 30.6 Å². The highest BCUT2D eigenvalue weighted by atomic mass is 16.2. The van der Waals surface area contributed by atoms with Gasteiger partial charge in [-0.1, -0.05) is 6.07 Å². The maximum absolute atomic E-state index is 11.8. The number of benzene rings is 1. The Morgan fingerprint density at radius 3 is 2.89 bits per heavy atom. The topological polar surface area (TPSA) is 72.9 Å². The Kier molecular flexibility index (Phi) is 3.32. The summed E-state index contributed by atoms with van der Waals surface area (Å²) in [4.78, 5) is 11.8. The van der Waals surface area contributed by atoms with Crippen LogP contribution >= 0.6 is 0 Å². The minimum Gasteiger partial charge on any atom is -0.398 e. The standard InChI is InChI=1S/C13H16N4O/c1-9-6-15-17(7-9)8-13(18)16-12-5-3-4-11(14)10(12)2/h3-7H,8,14H2,1-2H3,(H,16,18). The molecular formula is C13H16N4O. The Morgan fingerprint density at radius 1 is 1.44 bits per heavy atom. The van der Waals surface area contributed by atoms with E-state index in [1.54, 1.807) is 10.9 Å². The molecule has 0 unspecified atom stereocenters. The van der Waals surface area contributed by atoms with Crippen LogP contribution in [0.2, 0.25) is 0 Å². The van der Waals surface area contributed by atoms with Crippen LogP contribution in [-0.2, 0) is 11.3 Å². The molecule has 0 aliphatic rings. The fourth-order valence-electron chi connectivity index (χ4n) is 1.68. The number of carbonyl (C=O) groups is 1. The van der Waals surface area contributed by atoms with Crippen molar-refractivity contribution in [1.82, 2.24) is 9.78 Å². The third kappa shape index (κ3) is 2.68. The van der Waals surface area contributed by atoms with E-state index in [1.807, 2.05) is 38.2 Å². The van der Waals surface area contributed by atoms with Gasteiger partial charge in [-0.2, -0.15) is 5.10 Å². The van der Waals surface area contributed by atoms with Crippen molar-refractivity contribution in [2.45, 2.75) is 20.4 Å². The summed E-state index contributed by atoms with van der Waals surface area (Å²) in [5, 5.41) is 6.90. The first-order chi connectivity index (χ1) is 8.56. The van der Waals surface area contributed by atoms with E-state index in [2.05, 4.69) is 10.4 Å². The third-order valence-corrected chi connectivity index (χ3v) is 2.72. The van der Waals surface area contributed by atoms with E-state index in [0.29, 0.717) is 5.69 Å². The van der Waals surface area contributed by atoms with Crippen molar-refractivity contribution in [3.63, 3.8) is 0 Å². The van der Waals surface area contributed by atoms with Gasteiger partial charge in [-0.05, 0) is 37.1 Å². The quantitative estimate of drug-likeness (QED) is 0.807. The summed E-state index contributed by atoms with van der Waals surface area (Å²) in [5.41, 5.74) is 9.10. The third-order valence-electron chi connectivity index (χ3n) is 2.72. The Balaban J connectivity index is 2.05. The summed E-state index contributed by atoms with van der Waals surface area (Å²) in [5.74, 6) is -0.119. The van der Waals surface area contributed by atoms with Crippen LogP contribution in [0.4, 0.5) is 11.4 Å². The largest absolute Gasteiger partial charge is 0.398 e. The summed E-state index contributed by atoms with van der Waals surface area (Å²) in [6.07, 6.45) is 3.55. The lowest BCUT2D eigenvalue weighted by Gasteiger charge is -2.10. The first kappa shape index (κ1) is 12.2. The molecule has 5 nitrogen and oxygen atoms in total. The van der Waals surface area contributed by atoms with Crippen LogP contribution in [0.3, 0.4) is 0 Å². The fourth-order valence-corrected chi connectivity index (χ4v) is 1.68. The van der Waals surface area contributed by atoms with Crippen LogP contribution in [0.1, 0.15) is 11.1 Å². The van der Waals surface area contributed by atoms with Crippen molar-refractivity contribution < 1.29 is 4.79 Å². The maximum atomic E-state index is 11.8. The van der Waals surface area contributed by atoms with Gasteiger partial charge in [0.15, 0.2) is 0 Å². The Labute approximate surface area is 106 Å². The Bertz CT molecular complexity index is 574. The molecule has 0 radical (unpaired) electrons. The molecule has 0 fully saturated rings. The van der Waals surface area contributed by atoms with Crippen molar-refractivity contribution in [2.24, 2.45) is 0 Å². The molecule has 0 bridgehead atoms. The summed E-state index contributed by atoms with van der Waals surface area (Å²) >= 11 is 0. The van der Waals surface area contributed by atoms with E-state index in [-0.39, 0.29) is 12.5 Å². The number of nitrogens with one attached hydrogen (secondary N) is 1. The molecule has 0 aliphatic carbocycles. The van der Waals surface area contributed by atoms with Gasteiger partial charge < -0.3 is 11.1 Å². The van der Waals surface area contributed by atoms with Crippen LogP contribution in [0, 0.1) is 13.8 Å². The van der Waals surface area contributed by atoms with Gasteiger partial charge in [0.05, 0.1) is 6.20 Å². The predicted molar refractivity (Wildman–Crippen MR) is 71.2 cm³/mol. The molecule has 2 rings (SSSR count). The number of hydrogen-bond acceptors (Lipinski definition) is 3. The molecule has 5 heteroatoms. The molecule has 1 aromatic heterocycles. The second kappa shape index (κ2) is 4.91. The molecule has 0 spiro atoms. The Hall–Kier alpha value is -2.30. The van der Waals surface area contributed by atoms with Gasteiger partial charge in [-0.25, -0.2) is 0 Å². The van der Waals surface area contributed by atoms with E-state index in [0.717, 1.165) is 16.8 Å². The number of rotatable bonds is 3. The van der Waals surface area contributed by atoms with Crippen molar-refractivity contribution in [1.29, 1.82) is 0 Å². The van der Waals surface area contributed by atoms with E-state index in [4.69, 9.17) is 5.73 Å². The molecule has 1 aromatic carbocycles. The van der Waals surface area contributed by atoms with E-state index >= 15 is 0 Å². The first-order valence-electron chi connectivity index (χ1n) is 5.70. The van der Waals surface area contributed by atoms with E-state index < -0.39 is 0 Å². The normalized spacial score (nSPS) is 10.3. The van der Waals surface area contributed by atoms with E-state index in [1.165, 1.54) is 0 Å². The molecule has 0 aliphatic heterocycles. The molecule has 0 saturated carbocycles. The monoisotopic (exact) mass is 244 g/mol. The SMILES string of the molecule is Cc1cnn(CC(=O)Nc2cccc(N)c2C)c1. The molecule has 18 heavy (non-hydrogen) atoms. The molecule has 1 amide bonds. The highest BCUT2D eigenvalue weighted by Crippen LogP contribution is 2.20. The lowest BCUT2D eigenvalue weighted by atomic mass is 10.1. The van der Waals surface area contributed by atoms with Crippen molar-refractivity contribution in [3.05, 3.63) is 41.7 Å². The van der Waals surface area contributed by atoms with E-state index in [9.17, 15) is 4.79 Å². The number of aromatic nitrogens is 2. The van der Waals surface area contributed by atoms with Gasteiger partial charge in [0.1, 0.15) is 6.54 Å². The van der Waals surface area contributed by atoms with Gasteiger partial charge in [0.25, 0.3) is 0 Å². The van der Waals surface area contributed by atoms with Gasteiger partial charge in [-0.3, -0.25) is 9.48 Å². The second-order valence-corrected chi connectivity index (χ2v) is 4.28. The van der Waals surface area contributed by atoms with Crippen LogP contribution < -0.4 is 11.1 Å². The number of hydrogen-bond donors (Lipinski definition) is 2. The van der Waals surface area contributed by atoms with Crippen LogP contribution in [-0.4, -0.2) is 15.7 Å². The number of amides is 1. The van der Waals surface area contributed by atoms with Crippen LogP contribution in [0.5, 0.6) is 0 Å². The minimum absolute atomic E-state index is 0.119. The molecule has 0 saturated heterocycles. The Morgan fingerprint density at radius 2 is 2.22 bits per heavy atom. The maximum Gasteiger partial charge on any atom is 0.246 e. The van der Waals surface area contributed by atoms with Gasteiger partial charge >= 0.3 is 0 Å². The van der Waals surface area contributed by atoms with Crippen LogP contribution in [0.25, 0.3) is 0 Å². The average Bonchev–Trinajstić information content (AvgIpc) is 2.70. The molecule has 2 aromatic rings. The van der Waals surface area contributed by atoms with Crippen molar-refractivity contribution in [3.8, 4) is 0 Å². The second-order valence-electron chi connectivity index (χ2n) is 4.28. The lowest BCUT2D eigenvalue weighted by molar-refractivity contribution is -0.116. The van der Waals surface area contributed by atoms with Gasteiger partial charge in [-0.15, -0.1) is 0 Å². The van der Waals surface area contributed by atoms with Crippen molar-refractivity contribution >= 4 is 17.3 Å². The summed E-state index contributed by atoms with van der Waals surface area (Å²) < 4.78 is 1.60. The first-order valence-corrected chi connectivity index (χ1v) is 5.70. The predicted octanol–water partition coefficient (Wildman–Crippen LogP) is 1.72. The van der Waals surface area contributed by atoms with Crippen molar-refractivity contribution in [2.75, 3.05) is 11.1 Å². The zero-order valence-electron chi connectivity index (χ0n) is 10.5. The number of anilines is 2. The van der Waals surface area contributed by atoms with Gasteiger partial charge in [0.2, 0.25) is 5.91 Å². The highest BCUT2D eigenvalue weighted by molar-refractivity contribution is 5.92. The summed E-state index contributed by atoms with van der Waals surface area (Å²) in [6.45, 7) is 4.01. The fraction of sp³-hybridized carbons (Fsp3) is 0.231. The summed E-state index contributed by atoms with van der Waals surface area (Å²) in [6, 6.07) is 5.45. The van der Waals surface area contributed by atoms with Gasteiger partial charge in [0, 0.05) is 17.6 Å². The zero-order chi connectivity index (χ0) is 13.1. The molecule has 3 N–H and O–H groups in total. The number of aryl methyl sites for hydroxylation is 1. The number of nitrogens with zero attached hydrogens (tertiary/aromatic N) is 2. The molecule has 94 valence electrons. The molecular weight excluding hydrogens is 228 g/mol. The highest BCUT2D eigenvalue weighted by Gasteiger charge is 2.07.